The van der Waals surface area contributed by atoms with Gasteiger partial charge in [-0.1, -0.05) is 19.8 Å². The van der Waals surface area contributed by atoms with Crippen LogP contribution in [0.4, 0.5) is 0 Å². The van der Waals surface area contributed by atoms with Crippen molar-refractivity contribution in [3.63, 3.8) is 0 Å². The molecule has 1 rings (SSSR count). The van der Waals surface area contributed by atoms with Gasteiger partial charge in [0, 0.05) is 18.0 Å². The van der Waals surface area contributed by atoms with Gasteiger partial charge in [-0.2, -0.15) is 0 Å². The Morgan fingerprint density at radius 1 is 1.53 bits per heavy atom. The Morgan fingerprint density at radius 3 is 2.68 bits per heavy atom. The molecule has 0 saturated heterocycles. The van der Waals surface area contributed by atoms with Crippen LogP contribution in [-0.4, -0.2) is 26.9 Å². The Balaban J connectivity index is 2.70. The molecular weight excluding hydrogens is 286 g/mol. The lowest BCUT2D eigenvalue weighted by Gasteiger charge is -2.15. The fourth-order valence-electron chi connectivity index (χ4n) is 1.55. The summed E-state index contributed by atoms with van der Waals surface area (Å²) in [7, 11) is -3.75. The maximum absolute atomic E-state index is 11.9. The predicted molar refractivity (Wildman–Crippen MR) is 75.5 cm³/mol. The van der Waals surface area contributed by atoms with Crippen LogP contribution >= 0.6 is 11.3 Å². The molecule has 6 nitrogen and oxygen atoms in total. The van der Waals surface area contributed by atoms with Gasteiger partial charge in [-0.15, -0.1) is 11.3 Å². The van der Waals surface area contributed by atoms with Crippen molar-refractivity contribution in [2.75, 3.05) is 6.54 Å². The fourth-order valence-corrected chi connectivity index (χ4v) is 3.14. The third-order valence-electron chi connectivity index (χ3n) is 2.64. The monoisotopic (exact) mass is 305 g/mol. The Bertz CT molecular complexity index is 525. The number of nitrogens with two attached hydrogens (primary N) is 2. The van der Waals surface area contributed by atoms with Crippen molar-refractivity contribution >= 4 is 27.3 Å². The number of thiophene rings is 1. The highest BCUT2D eigenvalue weighted by Crippen LogP contribution is 2.18. The Morgan fingerprint density at radius 2 is 2.21 bits per heavy atom. The molecule has 5 N–H and O–H groups in total. The third kappa shape index (κ3) is 4.90. The summed E-state index contributed by atoms with van der Waals surface area (Å²) in [6.45, 7) is 2.42. The van der Waals surface area contributed by atoms with E-state index in [-0.39, 0.29) is 16.2 Å². The number of hydrogen-bond donors (Lipinski definition) is 3. The maximum Gasteiger partial charge on any atom is 0.252 e. The average Bonchev–Trinajstić information content (AvgIpc) is 2.83. The van der Waals surface area contributed by atoms with E-state index >= 15 is 0 Å². The second-order valence-corrected chi connectivity index (χ2v) is 6.95. The number of amides is 1. The minimum absolute atomic E-state index is 0.0180. The molecular formula is C11H19N3O3S2. The molecule has 0 bridgehead atoms. The third-order valence-corrected chi connectivity index (χ3v) is 5.03. The molecule has 0 saturated carbocycles. The Kier molecular flexibility index (Phi) is 5.92. The number of primary sulfonamides is 1. The topological polar surface area (TPSA) is 115 Å². The molecule has 0 aliphatic heterocycles. The lowest BCUT2D eigenvalue weighted by atomic mass is 10.1. The number of nitrogens with one attached hydrogen (secondary N) is 1. The summed E-state index contributed by atoms with van der Waals surface area (Å²) in [6, 6.07) is 1.19. The van der Waals surface area contributed by atoms with Crippen molar-refractivity contribution in [3.05, 3.63) is 17.0 Å². The molecule has 1 atom stereocenters. The molecule has 1 aromatic heterocycles. The zero-order valence-corrected chi connectivity index (χ0v) is 12.4. The smallest absolute Gasteiger partial charge is 0.252 e. The van der Waals surface area contributed by atoms with Crippen LogP contribution in [0.3, 0.4) is 0 Å². The van der Waals surface area contributed by atoms with Crippen LogP contribution in [-0.2, 0) is 10.0 Å². The fraction of sp³-hybridized carbons (Fsp3) is 0.545. The number of sulfonamides is 1. The number of carbonyl (C=O) groups excluding carboxylic acids is 1. The number of hydrogen-bond acceptors (Lipinski definition) is 5. The van der Waals surface area contributed by atoms with Gasteiger partial charge in [0.2, 0.25) is 10.0 Å². The number of unbranched alkanes of at least 4 members (excludes halogenated alkanes) is 1. The first kappa shape index (κ1) is 16.1. The molecule has 1 heterocycles. The van der Waals surface area contributed by atoms with E-state index in [1.54, 1.807) is 0 Å². The standard InChI is InChI=1S/C11H19N3O3S2/c1-2-3-4-9(6-12)14-11(15)8-5-10(18-7-8)19(13,16)17/h5,7,9H,2-4,6,12H2,1H3,(H,14,15)(H2,13,16,17). The molecule has 0 spiro atoms. The number of carbonyl (C=O) groups is 1. The van der Waals surface area contributed by atoms with Crippen LogP contribution in [0.25, 0.3) is 0 Å². The molecule has 0 fully saturated rings. The van der Waals surface area contributed by atoms with E-state index in [1.807, 2.05) is 0 Å². The Hall–Kier alpha value is -0.960. The molecule has 1 aromatic rings. The first-order chi connectivity index (χ1) is 8.88. The van der Waals surface area contributed by atoms with Crippen LogP contribution in [0, 0.1) is 0 Å². The zero-order valence-electron chi connectivity index (χ0n) is 10.8. The first-order valence-corrected chi connectivity index (χ1v) is 8.43. The summed E-state index contributed by atoms with van der Waals surface area (Å²) in [6.07, 6.45) is 2.82. The van der Waals surface area contributed by atoms with E-state index in [0.717, 1.165) is 30.6 Å². The minimum Gasteiger partial charge on any atom is -0.348 e. The van der Waals surface area contributed by atoms with Crippen LogP contribution in [0.5, 0.6) is 0 Å². The van der Waals surface area contributed by atoms with E-state index in [2.05, 4.69) is 12.2 Å². The maximum atomic E-state index is 11.9. The van der Waals surface area contributed by atoms with Gasteiger partial charge in [0.15, 0.2) is 0 Å². The Labute approximate surface area is 117 Å². The highest BCUT2D eigenvalue weighted by atomic mass is 32.2. The van der Waals surface area contributed by atoms with Crippen LogP contribution in [0.15, 0.2) is 15.7 Å². The molecule has 8 heteroatoms. The predicted octanol–water partition coefficient (Wildman–Crippen LogP) is 0.643. The molecule has 108 valence electrons. The van der Waals surface area contributed by atoms with Gasteiger partial charge in [-0.25, -0.2) is 13.6 Å². The van der Waals surface area contributed by atoms with Gasteiger partial charge in [-0.05, 0) is 12.5 Å². The first-order valence-electron chi connectivity index (χ1n) is 6.00. The van der Waals surface area contributed by atoms with Crippen molar-refractivity contribution in [1.82, 2.24) is 5.32 Å². The van der Waals surface area contributed by atoms with Gasteiger partial charge in [0.25, 0.3) is 5.91 Å². The molecule has 1 unspecified atom stereocenters. The molecule has 0 radical (unpaired) electrons. The van der Waals surface area contributed by atoms with E-state index in [0.29, 0.717) is 12.1 Å². The minimum atomic E-state index is -3.75. The summed E-state index contributed by atoms with van der Waals surface area (Å²) in [5.41, 5.74) is 5.88. The molecule has 0 aliphatic carbocycles. The highest BCUT2D eigenvalue weighted by Gasteiger charge is 2.17. The van der Waals surface area contributed by atoms with Gasteiger partial charge in [-0.3, -0.25) is 4.79 Å². The summed E-state index contributed by atoms with van der Waals surface area (Å²) >= 11 is 0.932. The average molecular weight is 305 g/mol. The normalized spacial score (nSPS) is 13.2. The lowest BCUT2D eigenvalue weighted by molar-refractivity contribution is 0.0936. The molecule has 0 aromatic carbocycles. The van der Waals surface area contributed by atoms with E-state index in [9.17, 15) is 13.2 Å². The summed E-state index contributed by atoms with van der Waals surface area (Å²) in [5, 5.41) is 9.26. The van der Waals surface area contributed by atoms with Crippen molar-refractivity contribution in [2.45, 2.75) is 36.4 Å². The quantitative estimate of drug-likeness (QED) is 0.685. The number of rotatable bonds is 7. The van der Waals surface area contributed by atoms with Gasteiger partial charge >= 0.3 is 0 Å². The van der Waals surface area contributed by atoms with E-state index in [1.165, 1.54) is 11.4 Å². The second kappa shape index (κ2) is 6.99. The highest BCUT2D eigenvalue weighted by molar-refractivity contribution is 7.91. The summed E-state index contributed by atoms with van der Waals surface area (Å²) in [5.74, 6) is -0.322. The SMILES string of the molecule is CCCCC(CN)NC(=O)c1csc(S(N)(=O)=O)c1. The lowest BCUT2D eigenvalue weighted by Crippen LogP contribution is -2.40. The van der Waals surface area contributed by atoms with E-state index < -0.39 is 10.0 Å². The van der Waals surface area contributed by atoms with Gasteiger partial charge in [0.1, 0.15) is 4.21 Å². The van der Waals surface area contributed by atoms with Crippen molar-refractivity contribution < 1.29 is 13.2 Å². The summed E-state index contributed by atoms with van der Waals surface area (Å²) in [4.78, 5) is 11.9. The molecule has 1 amide bonds. The van der Waals surface area contributed by atoms with Crippen LogP contribution in [0.1, 0.15) is 36.5 Å². The summed E-state index contributed by atoms with van der Waals surface area (Å²) < 4.78 is 22.2. The van der Waals surface area contributed by atoms with Crippen LogP contribution < -0.4 is 16.2 Å². The second-order valence-electron chi connectivity index (χ2n) is 4.25. The van der Waals surface area contributed by atoms with Crippen molar-refractivity contribution in [1.29, 1.82) is 0 Å². The largest absolute Gasteiger partial charge is 0.348 e. The molecule has 19 heavy (non-hydrogen) atoms. The van der Waals surface area contributed by atoms with Crippen LogP contribution in [0.2, 0.25) is 0 Å². The molecule has 0 aliphatic rings. The van der Waals surface area contributed by atoms with Crippen molar-refractivity contribution in [2.24, 2.45) is 10.9 Å². The van der Waals surface area contributed by atoms with E-state index in [4.69, 9.17) is 10.9 Å². The van der Waals surface area contributed by atoms with Gasteiger partial charge < -0.3 is 11.1 Å². The van der Waals surface area contributed by atoms with Gasteiger partial charge in [0.05, 0.1) is 5.56 Å². The van der Waals surface area contributed by atoms with Crippen molar-refractivity contribution in [3.8, 4) is 0 Å². The zero-order chi connectivity index (χ0) is 14.5.